The van der Waals surface area contributed by atoms with E-state index in [1.807, 2.05) is 23.6 Å². The average molecular weight is 414 g/mol. The summed E-state index contributed by atoms with van der Waals surface area (Å²) in [6, 6.07) is 5.56. The molecule has 2 heterocycles. The molecular weight excluding hydrogens is 393 g/mol. The summed E-state index contributed by atoms with van der Waals surface area (Å²) in [5.74, 6) is 0.878. The number of nitrogens with zero attached hydrogens (tertiary/aromatic N) is 1. The lowest BCUT2D eigenvalue weighted by molar-refractivity contribution is -0.118. The lowest BCUT2D eigenvalue weighted by Gasteiger charge is -2.22. The maximum Gasteiger partial charge on any atom is 0.229 e. The van der Waals surface area contributed by atoms with Crippen LogP contribution < -0.4 is 15.4 Å². The molecule has 1 amide bonds. The summed E-state index contributed by atoms with van der Waals surface area (Å²) >= 11 is 7.62. The quantitative estimate of drug-likeness (QED) is 0.787. The van der Waals surface area contributed by atoms with Crippen molar-refractivity contribution >= 4 is 46.4 Å². The van der Waals surface area contributed by atoms with Gasteiger partial charge in [-0.3, -0.25) is 4.79 Å². The van der Waals surface area contributed by atoms with Gasteiger partial charge in [-0.2, -0.15) is 0 Å². The first-order valence-corrected chi connectivity index (χ1v) is 9.68. The van der Waals surface area contributed by atoms with Crippen LogP contribution >= 0.6 is 35.3 Å². The lowest BCUT2D eigenvalue weighted by atomic mass is 9.92. The fourth-order valence-corrected chi connectivity index (χ4v) is 4.66. The summed E-state index contributed by atoms with van der Waals surface area (Å²) in [4.78, 5) is 17.1. The number of aromatic nitrogens is 1. The lowest BCUT2D eigenvalue weighted by Crippen LogP contribution is -2.31. The standard InChI is InChI=1S/C18H20ClN3O2S.ClH/c1-24-15-3-2-11(8-13(15)19)14-10-25-17(21-14)22-16(23)12-9-18(12)4-6-20-7-5-18;/h2-3,8,10,12,20H,4-7,9H2,1H3,(H,21,22,23);1H. The van der Waals surface area contributed by atoms with Crippen LogP contribution in [-0.2, 0) is 4.79 Å². The third kappa shape index (κ3) is 3.69. The Kier molecular flexibility index (Phi) is 5.77. The maximum absolute atomic E-state index is 12.5. The van der Waals surface area contributed by atoms with Gasteiger partial charge in [0.1, 0.15) is 5.75 Å². The van der Waals surface area contributed by atoms with Crippen molar-refractivity contribution in [2.24, 2.45) is 11.3 Å². The molecule has 2 fully saturated rings. The van der Waals surface area contributed by atoms with Crippen LogP contribution in [0.3, 0.4) is 0 Å². The van der Waals surface area contributed by atoms with Crippen molar-refractivity contribution in [3.05, 3.63) is 28.6 Å². The molecule has 1 saturated carbocycles. The monoisotopic (exact) mass is 413 g/mol. The maximum atomic E-state index is 12.5. The number of hydrogen-bond donors (Lipinski definition) is 2. The highest BCUT2D eigenvalue weighted by Gasteiger charge is 2.57. The Balaban J connectivity index is 0.00000196. The molecule has 5 nitrogen and oxygen atoms in total. The molecule has 1 aromatic carbocycles. The zero-order valence-corrected chi connectivity index (χ0v) is 16.8. The zero-order valence-electron chi connectivity index (χ0n) is 14.4. The fraction of sp³-hybridized carbons (Fsp3) is 0.444. The molecule has 0 radical (unpaired) electrons. The Morgan fingerprint density at radius 3 is 2.88 bits per heavy atom. The highest BCUT2D eigenvalue weighted by Crippen LogP contribution is 2.58. The van der Waals surface area contributed by atoms with E-state index in [1.54, 1.807) is 7.11 Å². The summed E-state index contributed by atoms with van der Waals surface area (Å²) in [5, 5.41) is 9.47. The van der Waals surface area contributed by atoms with E-state index in [0.717, 1.165) is 43.6 Å². The van der Waals surface area contributed by atoms with E-state index in [9.17, 15) is 4.79 Å². The largest absolute Gasteiger partial charge is 0.495 e. The molecule has 2 aliphatic rings. The molecule has 1 aliphatic carbocycles. The first-order chi connectivity index (χ1) is 12.1. The van der Waals surface area contributed by atoms with Gasteiger partial charge in [-0.25, -0.2) is 4.98 Å². The third-order valence-corrected chi connectivity index (χ3v) is 6.34. The molecule has 1 aromatic heterocycles. The van der Waals surface area contributed by atoms with Gasteiger partial charge < -0.3 is 15.4 Å². The second-order valence-electron chi connectivity index (χ2n) is 6.75. The number of thiazole rings is 1. The van der Waals surface area contributed by atoms with Gasteiger partial charge in [0.05, 0.1) is 17.8 Å². The van der Waals surface area contributed by atoms with Crippen LogP contribution in [0.25, 0.3) is 11.3 Å². The summed E-state index contributed by atoms with van der Waals surface area (Å²) in [6.07, 6.45) is 3.20. The minimum Gasteiger partial charge on any atom is -0.495 e. The molecule has 4 rings (SSSR count). The molecule has 1 spiro atoms. The molecule has 140 valence electrons. The SMILES string of the molecule is COc1ccc(-c2csc(NC(=O)C3CC34CCNCC4)n2)cc1Cl.Cl. The Labute approximate surface area is 167 Å². The highest BCUT2D eigenvalue weighted by atomic mass is 35.5. The second-order valence-corrected chi connectivity index (χ2v) is 8.01. The number of amides is 1. The van der Waals surface area contributed by atoms with Crippen molar-refractivity contribution < 1.29 is 9.53 Å². The zero-order chi connectivity index (χ0) is 17.4. The van der Waals surface area contributed by atoms with Crippen LogP contribution in [0.15, 0.2) is 23.6 Å². The Hall–Kier alpha value is -1.34. The van der Waals surface area contributed by atoms with E-state index in [0.29, 0.717) is 15.9 Å². The Morgan fingerprint density at radius 1 is 1.42 bits per heavy atom. The van der Waals surface area contributed by atoms with Crippen molar-refractivity contribution in [1.29, 1.82) is 0 Å². The molecule has 2 N–H and O–H groups in total. The number of piperidine rings is 1. The number of benzene rings is 1. The van der Waals surface area contributed by atoms with E-state index >= 15 is 0 Å². The molecule has 1 saturated heterocycles. The van der Waals surface area contributed by atoms with E-state index in [-0.39, 0.29) is 29.6 Å². The van der Waals surface area contributed by atoms with Crippen molar-refractivity contribution in [2.75, 3.05) is 25.5 Å². The predicted octanol–water partition coefficient (Wildman–Crippen LogP) is 4.22. The van der Waals surface area contributed by atoms with Gasteiger partial charge in [-0.1, -0.05) is 11.6 Å². The molecule has 0 bridgehead atoms. The fourth-order valence-electron chi connectivity index (χ4n) is 3.68. The van der Waals surface area contributed by atoms with Crippen LogP contribution in [0.5, 0.6) is 5.75 Å². The number of methoxy groups -OCH3 is 1. The van der Waals surface area contributed by atoms with Gasteiger partial charge in [0.15, 0.2) is 5.13 Å². The second kappa shape index (κ2) is 7.72. The molecular formula is C18H21Cl2N3O2S. The van der Waals surface area contributed by atoms with Gasteiger partial charge >= 0.3 is 0 Å². The molecule has 1 unspecified atom stereocenters. The predicted molar refractivity (Wildman–Crippen MR) is 108 cm³/mol. The van der Waals surface area contributed by atoms with E-state index < -0.39 is 0 Å². The number of halogens is 2. The number of anilines is 1. The van der Waals surface area contributed by atoms with Crippen LogP contribution in [0.1, 0.15) is 19.3 Å². The number of rotatable bonds is 4. The van der Waals surface area contributed by atoms with Crippen LogP contribution in [0, 0.1) is 11.3 Å². The molecule has 8 heteroatoms. The number of carbonyl (C=O) groups excluding carboxylic acids is 1. The summed E-state index contributed by atoms with van der Waals surface area (Å²) in [6.45, 7) is 2.03. The molecule has 2 aromatic rings. The number of carbonyl (C=O) groups is 1. The highest BCUT2D eigenvalue weighted by molar-refractivity contribution is 7.14. The molecule has 1 aliphatic heterocycles. The Morgan fingerprint density at radius 2 is 2.19 bits per heavy atom. The first-order valence-electron chi connectivity index (χ1n) is 8.42. The minimum atomic E-state index is 0. The topological polar surface area (TPSA) is 63.2 Å². The van der Waals surface area contributed by atoms with Crippen LogP contribution in [0.2, 0.25) is 5.02 Å². The van der Waals surface area contributed by atoms with Gasteiger partial charge in [-0.15, -0.1) is 23.7 Å². The van der Waals surface area contributed by atoms with E-state index in [2.05, 4.69) is 15.6 Å². The third-order valence-electron chi connectivity index (χ3n) is 5.29. The van der Waals surface area contributed by atoms with Crippen molar-refractivity contribution in [3.63, 3.8) is 0 Å². The van der Waals surface area contributed by atoms with Gasteiger partial charge in [0, 0.05) is 16.9 Å². The molecule has 26 heavy (non-hydrogen) atoms. The number of ether oxygens (including phenoxy) is 1. The van der Waals surface area contributed by atoms with Gasteiger partial charge in [0.2, 0.25) is 5.91 Å². The summed E-state index contributed by atoms with van der Waals surface area (Å²) < 4.78 is 5.17. The first kappa shape index (κ1) is 19.4. The normalized spacial score (nSPS) is 20.3. The van der Waals surface area contributed by atoms with Gasteiger partial charge in [0.25, 0.3) is 0 Å². The Bertz CT molecular complexity index is 805. The van der Waals surface area contributed by atoms with Crippen molar-refractivity contribution in [1.82, 2.24) is 10.3 Å². The van der Waals surface area contributed by atoms with Crippen LogP contribution in [0.4, 0.5) is 5.13 Å². The average Bonchev–Trinajstić information content (AvgIpc) is 3.10. The van der Waals surface area contributed by atoms with Gasteiger partial charge in [-0.05, 0) is 56.0 Å². The van der Waals surface area contributed by atoms with E-state index in [1.165, 1.54) is 11.3 Å². The number of hydrogen-bond acceptors (Lipinski definition) is 5. The minimum absolute atomic E-state index is 0. The summed E-state index contributed by atoms with van der Waals surface area (Å²) in [7, 11) is 1.59. The summed E-state index contributed by atoms with van der Waals surface area (Å²) in [5.41, 5.74) is 1.94. The van der Waals surface area contributed by atoms with Crippen molar-refractivity contribution in [3.8, 4) is 17.0 Å². The van der Waals surface area contributed by atoms with Crippen molar-refractivity contribution in [2.45, 2.75) is 19.3 Å². The van der Waals surface area contributed by atoms with E-state index in [4.69, 9.17) is 16.3 Å². The van der Waals surface area contributed by atoms with Crippen LogP contribution in [-0.4, -0.2) is 31.1 Å². The number of nitrogens with one attached hydrogen (secondary N) is 2. The smallest absolute Gasteiger partial charge is 0.229 e. The molecule has 1 atom stereocenters.